The molecule has 1 aliphatic heterocycles. The number of aromatic nitrogens is 1. The van der Waals surface area contributed by atoms with E-state index in [2.05, 4.69) is 58.2 Å². The second-order valence-corrected chi connectivity index (χ2v) is 10.2. The van der Waals surface area contributed by atoms with Crippen molar-refractivity contribution in [3.8, 4) is 12.3 Å². The molecule has 1 aromatic heterocycles. The van der Waals surface area contributed by atoms with Crippen LogP contribution in [-0.2, 0) is 10.2 Å². The molecule has 0 radical (unpaired) electrons. The molecule has 2 heterocycles. The molecule has 7 heteroatoms. The third-order valence-corrected chi connectivity index (χ3v) is 6.81. The van der Waals surface area contributed by atoms with E-state index < -0.39 is 0 Å². The van der Waals surface area contributed by atoms with Gasteiger partial charge in [0.25, 0.3) is 0 Å². The normalized spacial score (nSPS) is 15.2. The van der Waals surface area contributed by atoms with Crippen LogP contribution >= 0.6 is 23.1 Å². The van der Waals surface area contributed by atoms with Gasteiger partial charge in [-0.2, -0.15) is 0 Å². The van der Waals surface area contributed by atoms with Gasteiger partial charge in [0.1, 0.15) is 0 Å². The zero-order chi connectivity index (χ0) is 20.9. The Morgan fingerprint density at radius 2 is 2.00 bits per heavy atom. The van der Waals surface area contributed by atoms with Crippen LogP contribution in [0.15, 0.2) is 34.0 Å². The van der Waals surface area contributed by atoms with E-state index in [1.54, 1.807) is 11.3 Å². The van der Waals surface area contributed by atoms with Gasteiger partial charge < -0.3 is 10.2 Å². The number of rotatable bonds is 6. The summed E-state index contributed by atoms with van der Waals surface area (Å²) in [5.74, 6) is 3.05. The quantitative estimate of drug-likeness (QED) is 0.558. The highest BCUT2D eigenvalue weighted by molar-refractivity contribution is 8.01. The highest BCUT2D eigenvalue weighted by Crippen LogP contribution is 2.30. The average molecular weight is 429 g/mol. The summed E-state index contributed by atoms with van der Waals surface area (Å²) >= 11 is 3.09. The molecular formula is C22H28N4OS2. The fraction of sp³-hybridized carbons (Fsp3) is 0.455. The SMILES string of the molecule is C#CCN1CCN(c2ccccc2NC(=O)CSc2nc(C(C)(C)C)cs2)CC1. The highest BCUT2D eigenvalue weighted by Gasteiger charge is 2.20. The summed E-state index contributed by atoms with van der Waals surface area (Å²) in [6.45, 7) is 10.8. The highest BCUT2D eigenvalue weighted by atomic mass is 32.2. The molecule has 1 aromatic carbocycles. The lowest BCUT2D eigenvalue weighted by molar-refractivity contribution is -0.113. The molecule has 0 atom stereocenters. The van der Waals surface area contributed by atoms with Crippen LogP contribution in [0.25, 0.3) is 0 Å². The Morgan fingerprint density at radius 1 is 1.28 bits per heavy atom. The van der Waals surface area contributed by atoms with Gasteiger partial charge in [-0.25, -0.2) is 4.98 Å². The van der Waals surface area contributed by atoms with Gasteiger partial charge in [0, 0.05) is 37.0 Å². The lowest BCUT2D eigenvalue weighted by atomic mass is 9.93. The maximum Gasteiger partial charge on any atom is 0.234 e. The van der Waals surface area contributed by atoms with E-state index in [0.717, 1.165) is 47.6 Å². The van der Waals surface area contributed by atoms with Gasteiger partial charge in [-0.05, 0) is 12.1 Å². The van der Waals surface area contributed by atoms with Crippen molar-refractivity contribution < 1.29 is 4.79 Å². The number of thiazole rings is 1. The average Bonchev–Trinajstić information content (AvgIpc) is 3.18. The van der Waals surface area contributed by atoms with Crippen molar-refractivity contribution in [3.05, 3.63) is 35.3 Å². The molecule has 1 N–H and O–H groups in total. The second kappa shape index (κ2) is 9.66. The Kier molecular flexibility index (Phi) is 7.23. The summed E-state index contributed by atoms with van der Waals surface area (Å²) < 4.78 is 0.933. The number of amides is 1. The Balaban J connectivity index is 1.57. The van der Waals surface area contributed by atoms with Gasteiger partial charge in [0.05, 0.1) is 29.4 Å². The maximum atomic E-state index is 12.6. The number of thioether (sulfide) groups is 1. The van der Waals surface area contributed by atoms with E-state index in [0.29, 0.717) is 12.3 Å². The van der Waals surface area contributed by atoms with Crippen LogP contribution in [0, 0.1) is 12.3 Å². The van der Waals surface area contributed by atoms with E-state index in [1.807, 2.05) is 18.2 Å². The van der Waals surface area contributed by atoms with Crippen molar-refractivity contribution in [2.75, 3.05) is 48.7 Å². The molecule has 1 aliphatic rings. The molecule has 1 amide bonds. The number of nitrogens with one attached hydrogen (secondary N) is 1. The van der Waals surface area contributed by atoms with E-state index in [4.69, 9.17) is 6.42 Å². The third-order valence-electron chi connectivity index (χ3n) is 4.78. The zero-order valence-corrected chi connectivity index (χ0v) is 18.9. The Morgan fingerprint density at radius 3 is 2.66 bits per heavy atom. The largest absolute Gasteiger partial charge is 0.367 e. The number of anilines is 2. The van der Waals surface area contributed by atoms with Crippen LogP contribution in [0.1, 0.15) is 26.5 Å². The monoisotopic (exact) mass is 428 g/mol. The van der Waals surface area contributed by atoms with Gasteiger partial charge in [0.15, 0.2) is 4.34 Å². The van der Waals surface area contributed by atoms with E-state index >= 15 is 0 Å². The lowest BCUT2D eigenvalue weighted by Crippen LogP contribution is -2.46. The molecule has 0 unspecified atom stereocenters. The summed E-state index contributed by atoms with van der Waals surface area (Å²) in [5.41, 5.74) is 3.02. The van der Waals surface area contributed by atoms with Gasteiger partial charge >= 0.3 is 0 Å². The van der Waals surface area contributed by atoms with E-state index in [9.17, 15) is 4.79 Å². The topological polar surface area (TPSA) is 48.5 Å². The van der Waals surface area contributed by atoms with Crippen molar-refractivity contribution in [1.82, 2.24) is 9.88 Å². The maximum absolute atomic E-state index is 12.6. The lowest BCUT2D eigenvalue weighted by Gasteiger charge is -2.36. The number of hydrogen-bond donors (Lipinski definition) is 1. The smallest absolute Gasteiger partial charge is 0.234 e. The Hall–Kier alpha value is -2.01. The Bertz CT molecular complexity index is 873. The van der Waals surface area contributed by atoms with Gasteiger partial charge in [-0.15, -0.1) is 17.8 Å². The number of benzene rings is 1. The first-order chi connectivity index (χ1) is 13.9. The molecule has 0 spiro atoms. The fourth-order valence-electron chi connectivity index (χ4n) is 3.11. The molecule has 1 saturated heterocycles. The summed E-state index contributed by atoms with van der Waals surface area (Å²) in [4.78, 5) is 21.8. The third kappa shape index (κ3) is 5.99. The van der Waals surface area contributed by atoms with Crippen molar-refractivity contribution in [3.63, 3.8) is 0 Å². The number of piperazine rings is 1. The first-order valence-electron chi connectivity index (χ1n) is 9.75. The molecule has 0 bridgehead atoms. The standard InChI is InChI=1S/C22H28N4OS2/c1-5-10-25-11-13-26(14-12-25)18-9-7-6-8-17(18)23-20(27)16-29-21-24-19(15-28-21)22(2,3)4/h1,6-9,15H,10-14,16H2,2-4H3,(H,23,27). The molecule has 0 saturated carbocycles. The Labute approximate surface area is 181 Å². The van der Waals surface area contributed by atoms with Crippen molar-refractivity contribution in [1.29, 1.82) is 0 Å². The van der Waals surface area contributed by atoms with Crippen molar-refractivity contribution in [2.45, 2.75) is 30.5 Å². The minimum atomic E-state index is -0.0130. The van der Waals surface area contributed by atoms with E-state index in [-0.39, 0.29) is 11.3 Å². The molecule has 29 heavy (non-hydrogen) atoms. The first kappa shape index (κ1) is 21.7. The van der Waals surface area contributed by atoms with Crippen LogP contribution in [-0.4, -0.2) is 54.3 Å². The zero-order valence-electron chi connectivity index (χ0n) is 17.3. The van der Waals surface area contributed by atoms with Gasteiger partial charge in [-0.1, -0.05) is 50.6 Å². The molecule has 154 valence electrons. The number of nitrogens with zero attached hydrogens (tertiary/aromatic N) is 3. The summed E-state index contributed by atoms with van der Waals surface area (Å²) in [7, 11) is 0. The number of carbonyl (C=O) groups is 1. The molecule has 1 fully saturated rings. The van der Waals surface area contributed by atoms with Gasteiger partial charge in [0.2, 0.25) is 5.91 Å². The summed E-state index contributed by atoms with van der Waals surface area (Å²) in [5, 5.41) is 5.16. The minimum absolute atomic E-state index is 0.0130. The van der Waals surface area contributed by atoms with Crippen molar-refractivity contribution >= 4 is 40.4 Å². The van der Waals surface area contributed by atoms with Crippen LogP contribution in [0.2, 0.25) is 0 Å². The second-order valence-electron chi connectivity index (χ2n) is 8.07. The molecule has 2 aromatic rings. The predicted octanol–water partition coefficient (Wildman–Crippen LogP) is 3.93. The van der Waals surface area contributed by atoms with Crippen LogP contribution < -0.4 is 10.2 Å². The predicted molar refractivity (Wildman–Crippen MR) is 124 cm³/mol. The van der Waals surface area contributed by atoms with Crippen LogP contribution in [0.5, 0.6) is 0 Å². The number of terminal acetylenes is 1. The van der Waals surface area contributed by atoms with Crippen LogP contribution in [0.4, 0.5) is 11.4 Å². The van der Waals surface area contributed by atoms with E-state index in [1.165, 1.54) is 11.8 Å². The number of para-hydroxylation sites is 2. The minimum Gasteiger partial charge on any atom is -0.367 e. The summed E-state index contributed by atoms with van der Waals surface area (Å²) in [6.07, 6.45) is 5.42. The number of carbonyl (C=O) groups excluding carboxylic acids is 1. The first-order valence-corrected chi connectivity index (χ1v) is 11.6. The van der Waals surface area contributed by atoms with Crippen LogP contribution in [0.3, 0.4) is 0 Å². The fourth-order valence-corrected chi connectivity index (χ4v) is 4.97. The molecule has 5 nitrogen and oxygen atoms in total. The molecule has 0 aliphatic carbocycles. The molecule has 3 rings (SSSR count). The summed E-state index contributed by atoms with van der Waals surface area (Å²) in [6, 6.07) is 8.00. The number of hydrogen-bond acceptors (Lipinski definition) is 6. The molecular weight excluding hydrogens is 400 g/mol. The van der Waals surface area contributed by atoms with Crippen molar-refractivity contribution in [2.24, 2.45) is 0 Å². The van der Waals surface area contributed by atoms with Gasteiger partial charge in [-0.3, -0.25) is 9.69 Å².